The zero-order valence-corrected chi connectivity index (χ0v) is 11.7. The zero-order chi connectivity index (χ0) is 13.9. The fraction of sp³-hybridized carbons (Fsp3) is 0.615. The number of hydrogen-bond donors (Lipinski definition) is 2. The maximum atomic E-state index is 10.5. The summed E-state index contributed by atoms with van der Waals surface area (Å²) in [6.45, 7) is 1.53. The van der Waals surface area contributed by atoms with Crippen molar-refractivity contribution in [1.82, 2.24) is 4.98 Å². The lowest BCUT2D eigenvalue weighted by atomic mass is 9.94. The lowest BCUT2D eigenvalue weighted by Gasteiger charge is -2.36. The largest absolute Gasteiger partial charge is 0.392 e. The monoisotopic (exact) mass is 286 g/mol. The van der Waals surface area contributed by atoms with Gasteiger partial charge in [-0.2, -0.15) is 0 Å². The molecule has 1 saturated heterocycles. The van der Waals surface area contributed by atoms with E-state index >= 15 is 0 Å². The van der Waals surface area contributed by atoms with Crippen molar-refractivity contribution >= 4 is 17.4 Å². The van der Waals surface area contributed by atoms with Crippen LogP contribution in [0.4, 0.5) is 5.82 Å². The van der Waals surface area contributed by atoms with Crippen LogP contribution in [0.1, 0.15) is 18.4 Å². The molecule has 0 atom stereocenters. The number of rotatable bonds is 4. The molecule has 0 amide bonds. The maximum Gasteiger partial charge on any atom is 0.147 e. The molecular formula is C13H19ClN2O3. The molecule has 1 aliphatic rings. The predicted octanol–water partition coefficient (Wildman–Crippen LogP) is 1.20. The number of aromatic nitrogens is 1. The van der Waals surface area contributed by atoms with Gasteiger partial charge in [0.25, 0.3) is 0 Å². The van der Waals surface area contributed by atoms with Gasteiger partial charge in [0.15, 0.2) is 0 Å². The first-order valence-electron chi connectivity index (χ1n) is 6.31. The normalized spacial score (nSPS) is 18.3. The lowest BCUT2D eigenvalue weighted by Crippen LogP contribution is -2.46. The summed E-state index contributed by atoms with van der Waals surface area (Å²) in [5.41, 5.74) is -0.0832. The van der Waals surface area contributed by atoms with E-state index in [0.29, 0.717) is 49.0 Å². The summed E-state index contributed by atoms with van der Waals surface area (Å²) < 4.78 is 5.26. The first kappa shape index (κ1) is 14.5. The molecule has 2 N–H and O–H groups in total. The number of halogens is 1. The highest BCUT2D eigenvalue weighted by atomic mass is 35.5. The number of pyridine rings is 1. The van der Waals surface area contributed by atoms with Gasteiger partial charge in [0.1, 0.15) is 5.82 Å². The molecule has 2 rings (SSSR count). The maximum absolute atomic E-state index is 10.5. The number of likely N-dealkylation sites (N-methyl/N-ethyl adjacent to an activating group) is 1. The molecule has 1 aliphatic heterocycles. The number of hydrogen-bond acceptors (Lipinski definition) is 5. The van der Waals surface area contributed by atoms with Crippen molar-refractivity contribution in [2.75, 3.05) is 31.7 Å². The quantitative estimate of drug-likeness (QED) is 0.871. The van der Waals surface area contributed by atoms with Gasteiger partial charge < -0.3 is 19.8 Å². The molecule has 0 bridgehead atoms. The Balaban J connectivity index is 2.08. The second kappa shape index (κ2) is 6.05. The molecule has 0 aliphatic carbocycles. The predicted molar refractivity (Wildman–Crippen MR) is 73.4 cm³/mol. The zero-order valence-electron chi connectivity index (χ0n) is 11.0. The molecule has 0 aromatic carbocycles. The van der Waals surface area contributed by atoms with Crippen LogP contribution in [0.5, 0.6) is 0 Å². The van der Waals surface area contributed by atoms with E-state index < -0.39 is 5.60 Å². The summed E-state index contributed by atoms with van der Waals surface area (Å²) in [4.78, 5) is 6.08. The van der Waals surface area contributed by atoms with Gasteiger partial charge in [-0.15, -0.1) is 0 Å². The molecule has 19 heavy (non-hydrogen) atoms. The van der Waals surface area contributed by atoms with Gasteiger partial charge in [0, 0.05) is 45.8 Å². The van der Waals surface area contributed by atoms with Crippen molar-refractivity contribution in [3.05, 3.63) is 22.8 Å². The third kappa shape index (κ3) is 3.57. The van der Waals surface area contributed by atoms with Crippen molar-refractivity contribution in [1.29, 1.82) is 0 Å². The van der Waals surface area contributed by atoms with Crippen molar-refractivity contribution in [3.8, 4) is 0 Å². The van der Waals surface area contributed by atoms with Crippen LogP contribution in [0.15, 0.2) is 12.3 Å². The van der Waals surface area contributed by atoms with E-state index in [9.17, 15) is 5.11 Å². The number of nitrogens with zero attached hydrogens (tertiary/aromatic N) is 2. The second-order valence-electron chi connectivity index (χ2n) is 5.00. The standard InChI is InChI=1S/C13H19ClN2O3/c1-16(9-13(18)2-4-19-5-3-13)12-11(14)6-10(8-17)7-15-12/h6-7,17-18H,2-5,8-9H2,1H3. The molecule has 1 aromatic rings. The summed E-state index contributed by atoms with van der Waals surface area (Å²) in [6.07, 6.45) is 2.82. The third-order valence-electron chi connectivity index (χ3n) is 3.38. The van der Waals surface area contributed by atoms with Crippen LogP contribution in [-0.2, 0) is 11.3 Å². The molecule has 0 spiro atoms. The molecule has 0 unspecified atom stereocenters. The van der Waals surface area contributed by atoms with E-state index in [-0.39, 0.29) is 6.61 Å². The fourth-order valence-corrected chi connectivity index (χ4v) is 2.60. The van der Waals surface area contributed by atoms with Gasteiger partial charge in [-0.25, -0.2) is 4.98 Å². The Kier molecular flexibility index (Phi) is 4.62. The van der Waals surface area contributed by atoms with Gasteiger partial charge in [-0.05, 0) is 11.6 Å². The second-order valence-corrected chi connectivity index (χ2v) is 5.41. The highest BCUT2D eigenvalue weighted by Gasteiger charge is 2.31. The Bertz CT molecular complexity index is 436. The van der Waals surface area contributed by atoms with Crippen molar-refractivity contribution in [2.45, 2.75) is 25.0 Å². The highest BCUT2D eigenvalue weighted by Crippen LogP contribution is 2.27. The number of ether oxygens (including phenoxy) is 1. The average molecular weight is 287 g/mol. The van der Waals surface area contributed by atoms with E-state index in [2.05, 4.69) is 4.98 Å². The Labute approximate surface area is 117 Å². The molecule has 5 nitrogen and oxygen atoms in total. The van der Waals surface area contributed by atoms with Crippen LogP contribution in [0.25, 0.3) is 0 Å². The van der Waals surface area contributed by atoms with Gasteiger partial charge in [-0.1, -0.05) is 11.6 Å². The minimum Gasteiger partial charge on any atom is -0.392 e. The van der Waals surface area contributed by atoms with E-state index in [1.807, 2.05) is 11.9 Å². The summed E-state index contributed by atoms with van der Waals surface area (Å²) >= 11 is 6.14. The smallest absolute Gasteiger partial charge is 0.147 e. The molecular weight excluding hydrogens is 268 g/mol. The molecule has 6 heteroatoms. The van der Waals surface area contributed by atoms with Crippen LogP contribution in [-0.4, -0.2) is 47.6 Å². The van der Waals surface area contributed by atoms with Gasteiger partial charge in [-0.3, -0.25) is 0 Å². The molecule has 2 heterocycles. The van der Waals surface area contributed by atoms with Crippen LogP contribution in [0.2, 0.25) is 5.02 Å². The van der Waals surface area contributed by atoms with E-state index in [0.717, 1.165) is 0 Å². The summed E-state index contributed by atoms with van der Waals surface area (Å²) in [5.74, 6) is 0.610. The topological polar surface area (TPSA) is 65.8 Å². The van der Waals surface area contributed by atoms with E-state index in [1.165, 1.54) is 0 Å². The molecule has 106 valence electrons. The number of aliphatic hydroxyl groups is 2. The summed E-state index contributed by atoms with van der Waals surface area (Å²) in [6, 6.07) is 1.69. The van der Waals surface area contributed by atoms with Crippen molar-refractivity contribution in [3.63, 3.8) is 0 Å². The van der Waals surface area contributed by atoms with Crippen molar-refractivity contribution in [2.24, 2.45) is 0 Å². The van der Waals surface area contributed by atoms with E-state index in [4.69, 9.17) is 21.4 Å². The van der Waals surface area contributed by atoms with Gasteiger partial charge >= 0.3 is 0 Å². The average Bonchev–Trinajstić information content (AvgIpc) is 2.38. The van der Waals surface area contributed by atoms with Crippen LogP contribution in [0.3, 0.4) is 0 Å². The summed E-state index contributed by atoms with van der Waals surface area (Å²) in [7, 11) is 1.85. The first-order chi connectivity index (χ1) is 9.04. The molecule has 0 radical (unpaired) electrons. The third-order valence-corrected chi connectivity index (χ3v) is 3.66. The Morgan fingerprint density at radius 2 is 2.16 bits per heavy atom. The minimum atomic E-state index is -0.756. The SMILES string of the molecule is CN(CC1(O)CCOCC1)c1ncc(CO)cc1Cl. The van der Waals surface area contributed by atoms with Crippen LogP contribution < -0.4 is 4.90 Å². The Morgan fingerprint density at radius 3 is 2.74 bits per heavy atom. The molecule has 0 saturated carbocycles. The lowest BCUT2D eigenvalue weighted by molar-refractivity contribution is -0.0573. The molecule has 1 aromatic heterocycles. The summed E-state index contributed by atoms with van der Waals surface area (Å²) in [5, 5.41) is 20.0. The fourth-order valence-electron chi connectivity index (χ4n) is 2.26. The minimum absolute atomic E-state index is 0.0853. The Hall–Kier alpha value is -0.880. The number of anilines is 1. The van der Waals surface area contributed by atoms with Gasteiger partial charge in [0.05, 0.1) is 17.2 Å². The van der Waals surface area contributed by atoms with E-state index in [1.54, 1.807) is 12.3 Å². The van der Waals surface area contributed by atoms with Crippen molar-refractivity contribution < 1.29 is 14.9 Å². The van der Waals surface area contributed by atoms with Crippen LogP contribution >= 0.6 is 11.6 Å². The highest BCUT2D eigenvalue weighted by molar-refractivity contribution is 6.33. The van der Waals surface area contributed by atoms with Gasteiger partial charge in [0.2, 0.25) is 0 Å². The van der Waals surface area contributed by atoms with Crippen LogP contribution in [0, 0.1) is 0 Å². The molecule has 1 fully saturated rings. The first-order valence-corrected chi connectivity index (χ1v) is 6.68. The Morgan fingerprint density at radius 1 is 1.47 bits per heavy atom. The number of aliphatic hydroxyl groups excluding tert-OH is 1.